The molecule has 1 aliphatic heterocycles. The van der Waals surface area contributed by atoms with Gasteiger partial charge in [-0.15, -0.1) is 0 Å². The number of hydrogen-bond acceptors (Lipinski definition) is 3. The molecule has 0 atom stereocenters. The summed E-state index contributed by atoms with van der Waals surface area (Å²) in [5.74, 6) is 0.261. The Morgan fingerprint density at radius 1 is 1.44 bits per heavy atom. The number of halogens is 1. The van der Waals surface area contributed by atoms with E-state index in [0.29, 0.717) is 11.5 Å². The van der Waals surface area contributed by atoms with Crippen LogP contribution >= 0.6 is 12.2 Å². The van der Waals surface area contributed by atoms with Crippen LogP contribution in [0, 0.1) is 11.7 Å². The van der Waals surface area contributed by atoms with E-state index in [1.807, 2.05) is 0 Å². The molecule has 0 bridgehead atoms. The summed E-state index contributed by atoms with van der Waals surface area (Å²) in [4.78, 5) is 0.212. The van der Waals surface area contributed by atoms with Crippen molar-refractivity contribution in [2.75, 3.05) is 25.1 Å². The van der Waals surface area contributed by atoms with Crippen molar-refractivity contribution in [2.24, 2.45) is 11.7 Å². The molecule has 1 saturated heterocycles. The molecule has 0 spiro atoms. The lowest BCUT2D eigenvalue weighted by molar-refractivity contribution is 0.0699. The predicted octanol–water partition coefficient (Wildman–Crippen LogP) is 2.30. The van der Waals surface area contributed by atoms with E-state index in [-0.39, 0.29) is 10.8 Å². The maximum Gasteiger partial charge on any atom is 0.124 e. The number of nitrogens with two attached hydrogens (primary N) is 1. The van der Waals surface area contributed by atoms with Crippen LogP contribution in [0.4, 0.5) is 10.1 Å². The van der Waals surface area contributed by atoms with E-state index in [9.17, 15) is 4.39 Å². The minimum Gasteiger partial charge on any atom is -0.389 e. The normalized spacial score (nSPS) is 16.5. The van der Waals surface area contributed by atoms with Gasteiger partial charge >= 0.3 is 0 Å². The number of nitrogens with one attached hydrogen (secondary N) is 1. The standard InChI is InChI=1S/C13H17FN2OS/c14-10-1-2-12(11(7-10)13(15)18)16-8-9-3-5-17-6-4-9/h1-2,7,9,16H,3-6,8H2,(H2,15,18). The van der Waals surface area contributed by atoms with Gasteiger partial charge in [-0.1, -0.05) is 12.2 Å². The van der Waals surface area contributed by atoms with Crippen LogP contribution in [0.3, 0.4) is 0 Å². The molecule has 1 heterocycles. The van der Waals surface area contributed by atoms with Gasteiger partial charge in [0.2, 0.25) is 0 Å². The first-order valence-electron chi connectivity index (χ1n) is 6.08. The number of ether oxygens (including phenoxy) is 1. The molecule has 3 nitrogen and oxygen atoms in total. The molecule has 0 unspecified atom stereocenters. The molecule has 1 aromatic carbocycles. The lowest BCUT2D eigenvalue weighted by Crippen LogP contribution is -2.23. The lowest BCUT2D eigenvalue weighted by atomic mass is 10.00. The van der Waals surface area contributed by atoms with Crippen LogP contribution in [0.5, 0.6) is 0 Å². The summed E-state index contributed by atoms with van der Waals surface area (Å²) in [6.07, 6.45) is 2.10. The van der Waals surface area contributed by atoms with Crippen LogP contribution in [0.15, 0.2) is 18.2 Å². The minimum atomic E-state index is -0.325. The highest BCUT2D eigenvalue weighted by Crippen LogP contribution is 2.20. The van der Waals surface area contributed by atoms with Crippen molar-refractivity contribution in [1.29, 1.82) is 0 Å². The van der Waals surface area contributed by atoms with Gasteiger partial charge < -0.3 is 15.8 Å². The van der Waals surface area contributed by atoms with Gasteiger partial charge in [0, 0.05) is 31.0 Å². The van der Waals surface area contributed by atoms with Gasteiger partial charge in [0.15, 0.2) is 0 Å². The molecule has 98 valence electrons. The van der Waals surface area contributed by atoms with E-state index in [2.05, 4.69) is 5.32 Å². The molecule has 2 rings (SSSR count). The zero-order valence-corrected chi connectivity index (χ0v) is 10.9. The Bertz CT molecular complexity index is 433. The Morgan fingerprint density at radius 3 is 2.83 bits per heavy atom. The number of anilines is 1. The molecule has 1 fully saturated rings. The molecule has 0 saturated carbocycles. The van der Waals surface area contributed by atoms with Crippen molar-refractivity contribution in [3.63, 3.8) is 0 Å². The first-order valence-corrected chi connectivity index (χ1v) is 6.48. The van der Waals surface area contributed by atoms with Crippen LogP contribution in [0.25, 0.3) is 0 Å². The summed E-state index contributed by atoms with van der Waals surface area (Å²) in [6, 6.07) is 4.46. The van der Waals surface area contributed by atoms with Gasteiger partial charge in [0.1, 0.15) is 10.8 Å². The molecule has 1 aromatic rings. The van der Waals surface area contributed by atoms with Crippen LogP contribution < -0.4 is 11.1 Å². The Balaban J connectivity index is 2.01. The van der Waals surface area contributed by atoms with Crippen molar-refractivity contribution in [3.05, 3.63) is 29.6 Å². The largest absolute Gasteiger partial charge is 0.389 e. The average molecular weight is 268 g/mol. The zero-order valence-electron chi connectivity index (χ0n) is 10.1. The van der Waals surface area contributed by atoms with Crippen LogP contribution in [-0.2, 0) is 4.74 Å². The smallest absolute Gasteiger partial charge is 0.124 e. The summed E-state index contributed by atoms with van der Waals surface area (Å²) >= 11 is 4.93. The van der Waals surface area contributed by atoms with E-state index in [0.717, 1.165) is 38.3 Å². The molecule has 1 aliphatic rings. The molecule has 5 heteroatoms. The first-order chi connectivity index (χ1) is 8.66. The predicted molar refractivity (Wildman–Crippen MR) is 74.3 cm³/mol. The van der Waals surface area contributed by atoms with Crippen molar-refractivity contribution in [2.45, 2.75) is 12.8 Å². The topological polar surface area (TPSA) is 47.3 Å². The van der Waals surface area contributed by atoms with Gasteiger partial charge in [-0.25, -0.2) is 4.39 Å². The Hall–Kier alpha value is -1.20. The highest BCUT2D eigenvalue weighted by Gasteiger charge is 2.14. The average Bonchev–Trinajstić information content (AvgIpc) is 2.38. The van der Waals surface area contributed by atoms with E-state index in [1.54, 1.807) is 6.07 Å². The number of hydrogen-bond donors (Lipinski definition) is 2. The molecule has 0 aliphatic carbocycles. The van der Waals surface area contributed by atoms with Gasteiger partial charge in [-0.2, -0.15) is 0 Å². The Kier molecular flexibility index (Phi) is 4.49. The first kappa shape index (κ1) is 13.2. The molecule has 0 radical (unpaired) electrons. The van der Waals surface area contributed by atoms with Crippen LogP contribution in [-0.4, -0.2) is 24.7 Å². The maximum atomic E-state index is 13.1. The van der Waals surface area contributed by atoms with Crippen molar-refractivity contribution in [3.8, 4) is 0 Å². The fourth-order valence-electron chi connectivity index (χ4n) is 2.08. The highest BCUT2D eigenvalue weighted by atomic mass is 32.1. The Morgan fingerprint density at radius 2 is 2.17 bits per heavy atom. The molecule has 18 heavy (non-hydrogen) atoms. The van der Waals surface area contributed by atoms with Crippen LogP contribution in [0.1, 0.15) is 18.4 Å². The zero-order chi connectivity index (χ0) is 13.0. The van der Waals surface area contributed by atoms with E-state index < -0.39 is 0 Å². The summed E-state index contributed by atoms with van der Waals surface area (Å²) in [7, 11) is 0. The van der Waals surface area contributed by atoms with Gasteiger partial charge in [0.25, 0.3) is 0 Å². The fraction of sp³-hybridized carbons (Fsp3) is 0.462. The van der Waals surface area contributed by atoms with E-state index in [4.69, 9.17) is 22.7 Å². The van der Waals surface area contributed by atoms with Gasteiger partial charge in [-0.05, 0) is 37.0 Å². The number of rotatable bonds is 4. The Labute approximate surface area is 112 Å². The molecule has 3 N–H and O–H groups in total. The van der Waals surface area contributed by atoms with E-state index in [1.165, 1.54) is 12.1 Å². The number of thiocarbonyl (C=S) groups is 1. The van der Waals surface area contributed by atoms with Crippen molar-refractivity contribution in [1.82, 2.24) is 0 Å². The summed E-state index contributed by atoms with van der Waals surface area (Å²) in [5, 5.41) is 3.30. The van der Waals surface area contributed by atoms with Gasteiger partial charge in [0.05, 0.1) is 0 Å². The maximum absolute atomic E-state index is 13.1. The second-order valence-electron chi connectivity index (χ2n) is 4.49. The van der Waals surface area contributed by atoms with Gasteiger partial charge in [-0.3, -0.25) is 0 Å². The third kappa shape index (κ3) is 3.40. The van der Waals surface area contributed by atoms with Crippen LogP contribution in [0.2, 0.25) is 0 Å². The second-order valence-corrected chi connectivity index (χ2v) is 4.93. The molecular weight excluding hydrogens is 251 g/mol. The highest BCUT2D eigenvalue weighted by molar-refractivity contribution is 7.80. The summed E-state index contributed by atoms with van der Waals surface area (Å²) < 4.78 is 18.5. The molecule has 0 aromatic heterocycles. The quantitative estimate of drug-likeness (QED) is 0.823. The molecular formula is C13H17FN2OS. The minimum absolute atomic E-state index is 0.212. The SMILES string of the molecule is NC(=S)c1cc(F)ccc1NCC1CCOCC1. The fourth-order valence-corrected chi connectivity index (χ4v) is 2.25. The van der Waals surface area contributed by atoms with E-state index >= 15 is 0 Å². The third-order valence-electron chi connectivity index (χ3n) is 3.17. The lowest BCUT2D eigenvalue weighted by Gasteiger charge is -2.23. The monoisotopic (exact) mass is 268 g/mol. The van der Waals surface area contributed by atoms with Crippen molar-refractivity contribution >= 4 is 22.9 Å². The second kappa shape index (κ2) is 6.11. The van der Waals surface area contributed by atoms with Crippen molar-refractivity contribution < 1.29 is 9.13 Å². The molecule has 0 amide bonds. The summed E-state index contributed by atoms with van der Waals surface area (Å²) in [5.41, 5.74) is 6.96. The summed E-state index contributed by atoms with van der Waals surface area (Å²) in [6.45, 7) is 2.47. The third-order valence-corrected chi connectivity index (χ3v) is 3.39. The number of benzene rings is 1.